The summed E-state index contributed by atoms with van der Waals surface area (Å²) in [7, 11) is 0. The molecule has 140 valence electrons. The number of rotatable bonds is 5. The number of carbonyl (C=O) groups excluding carboxylic acids is 1. The molecule has 2 aliphatic rings. The topological polar surface area (TPSA) is 51.2 Å². The molecule has 1 N–H and O–H groups in total. The van der Waals surface area contributed by atoms with Crippen molar-refractivity contribution in [3.05, 3.63) is 0 Å². The molecule has 0 spiro atoms. The summed E-state index contributed by atoms with van der Waals surface area (Å²) in [5.74, 6) is 1.76. The Morgan fingerprint density at radius 2 is 1.67 bits per heavy atom. The van der Waals surface area contributed by atoms with Gasteiger partial charge in [0.05, 0.1) is 0 Å². The summed E-state index contributed by atoms with van der Waals surface area (Å²) >= 11 is 0. The molecular formula is C17H34IN5O. The maximum atomic E-state index is 11.4. The number of aliphatic imine (C=N–C) groups is 1. The molecule has 0 aliphatic carbocycles. The third kappa shape index (κ3) is 6.74. The van der Waals surface area contributed by atoms with Gasteiger partial charge in [-0.1, -0.05) is 6.92 Å². The fourth-order valence-electron chi connectivity index (χ4n) is 3.36. The van der Waals surface area contributed by atoms with E-state index in [-0.39, 0.29) is 29.9 Å². The molecule has 2 fully saturated rings. The molecule has 2 aliphatic heterocycles. The summed E-state index contributed by atoms with van der Waals surface area (Å²) in [6, 6.07) is 0. The molecule has 0 aromatic carbocycles. The normalized spacial score (nSPS) is 20.7. The van der Waals surface area contributed by atoms with Crippen LogP contribution in [0.3, 0.4) is 0 Å². The summed E-state index contributed by atoms with van der Waals surface area (Å²) < 4.78 is 0. The van der Waals surface area contributed by atoms with Crippen LogP contribution < -0.4 is 5.32 Å². The average Bonchev–Trinajstić information content (AvgIpc) is 3.04. The maximum absolute atomic E-state index is 11.4. The number of hydrogen-bond donors (Lipinski definition) is 1. The number of halogens is 1. The van der Waals surface area contributed by atoms with Gasteiger partial charge in [-0.05, 0) is 38.8 Å². The molecule has 24 heavy (non-hydrogen) atoms. The SMILES string of the molecule is CCNC(=NCC(C)CN1CCCC1)N1CCN(C(C)=O)CC1.I. The van der Waals surface area contributed by atoms with E-state index in [9.17, 15) is 4.79 Å². The van der Waals surface area contributed by atoms with Crippen LogP contribution in [0.15, 0.2) is 4.99 Å². The lowest BCUT2D eigenvalue weighted by Crippen LogP contribution is -2.53. The van der Waals surface area contributed by atoms with Crippen LogP contribution >= 0.6 is 24.0 Å². The number of nitrogens with one attached hydrogen (secondary N) is 1. The molecule has 1 atom stereocenters. The number of hydrogen-bond acceptors (Lipinski definition) is 3. The molecule has 2 saturated heterocycles. The second kappa shape index (κ2) is 11.1. The molecule has 1 amide bonds. The number of likely N-dealkylation sites (tertiary alicyclic amines) is 1. The first-order chi connectivity index (χ1) is 11.1. The number of piperazine rings is 1. The Bertz CT molecular complexity index is 404. The Kier molecular flexibility index (Phi) is 9.95. The zero-order chi connectivity index (χ0) is 16.7. The smallest absolute Gasteiger partial charge is 0.219 e. The molecule has 0 aromatic heterocycles. The van der Waals surface area contributed by atoms with Crippen molar-refractivity contribution in [3.8, 4) is 0 Å². The summed E-state index contributed by atoms with van der Waals surface area (Å²) in [6.45, 7) is 14.8. The minimum absolute atomic E-state index is 0. The standard InChI is InChI=1S/C17H33N5O.HI/c1-4-18-17(22-11-9-21(10-12-22)16(3)23)19-13-15(2)14-20-7-5-6-8-20;/h15H,4-14H2,1-3H3,(H,18,19);1H. The third-order valence-electron chi connectivity index (χ3n) is 4.68. The second-order valence-corrected chi connectivity index (χ2v) is 6.80. The molecule has 2 heterocycles. The van der Waals surface area contributed by atoms with E-state index in [0.717, 1.165) is 51.8 Å². The highest BCUT2D eigenvalue weighted by Crippen LogP contribution is 2.11. The van der Waals surface area contributed by atoms with Crippen molar-refractivity contribution in [3.63, 3.8) is 0 Å². The van der Waals surface area contributed by atoms with Crippen LogP contribution in [0.25, 0.3) is 0 Å². The summed E-state index contributed by atoms with van der Waals surface area (Å²) in [6.07, 6.45) is 2.69. The monoisotopic (exact) mass is 451 g/mol. The summed E-state index contributed by atoms with van der Waals surface area (Å²) in [5, 5.41) is 3.40. The first-order valence-electron chi connectivity index (χ1n) is 9.11. The highest BCUT2D eigenvalue weighted by molar-refractivity contribution is 14.0. The second-order valence-electron chi connectivity index (χ2n) is 6.80. The number of nitrogens with zero attached hydrogens (tertiary/aromatic N) is 4. The van der Waals surface area contributed by atoms with E-state index in [1.54, 1.807) is 6.92 Å². The van der Waals surface area contributed by atoms with E-state index in [0.29, 0.717) is 5.92 Å². The lowest BCUT2D eigenvalue weighted by atomic mass is 10.2. The van der Waals surface area contributed by atoms with Gasteiger partial charge in [-0.3, -0.25) is 9.79 Å². The maximum Gasteiger partial charge on any atom is 0.219 e. The van der Waals surface area contributed by atoms with Crippen molar-refractivity contribution in [1.82, 2.24) is 20.0 Å². The van der Waals surface area contributed by atoms with Gasteiger partial charge in [0.1, 0.15) is 0 Å². The molecule has 6 nitrogen and oxygen atoms in total. The molecule has 7 heteroatoms. The van der Waals surface area contributed by atoms with Gasteiger partial charge >= 0.3 is 0 Å². The average molecular weight is 451 g/mol. The molecule has 0 aromatic rings. The van der Waals surface area contributed by atoms with Crippen molar-refractivity contribution in [2.45, 2.75) is 33.6 Å². The van der Waals surface area contributed by atoms with Crippen molar-refractivity contribution in [1.29, 1.82) is 0 Å². The van der Waals surface area contributed by atoms with Crippen LogP contribution in [0.4, 0.5) is 0 Å². The first-order valence-corrected chi connectivity index (χ1v) is 9.11. The third-order valence-corrected chi connectivity index (χ3v) is 4.68. The minimum atomic E-state index is 0. The van der Waals surface area contributed by atoms with E-state index < -0.39 is 0 Å². The van der Waals surface area contributed by atoms with Gasteiger partial charge in [0.2, 0.25) is 5.91 Å². The Balaban J connectivity index is 0.00000288. The Hall–Kier alpha value is -0.570. The summed E-state index contributed by atoms with van der Waals surface area (Å²) in [5.41, 5.74) is 0. The quantitative estimate of drug-likeness (QED) is 0.391. The van der Waals surface area contributed by atoms with Crippen LogP contribution in [0.1, 0.15) is 33.6 Å². The zero-order valence-electron chi connectivity index (χ0n) is 15.5. The van der Waals surface area contributed by atoms with E-state index >= 15 is 0 Å². The van der Waals surface area contributed by atoms with E-state index in [2.05, 4.69) is 29.0 Å². The van der Waals surface area contributed by atoms with Crippen LogP contribution in [0, 0.1) is 5.92 Å². The Morgan fingerprint density at radius 3 is 2.21 bits per heavy atom. The largest absolute Gasteiger partial charge is 0.357 e. The van der Waals surface area contributed by atoms with E-state index in [1.165, 1.54) is 25.9 Å². The van der Waals surface area contributed by atoms with Gasteiger partial charge in [-0.25, -0.2) is 0 Å². The lowest BCUT2D eigenvalue weighted by Gasteiger charge is -2.36. The van der Waals surface area contributed by atoms with Crippen LogP contribution in [-0.4, -0.2) is 85.5 Å². The number of guanidine groups is 1. The predicted molar refractivity (Wildman–Crippen MR) is 110 cm³/mol. The van der Waals surface area contributed by atoms with Gasteiger partial charge in [0, 0.05) is 52.7 Å². The lowest BCUT2D eigenvalue weighted by molar-refractivity contribution is -0.130. The van der Waals surface area contributed by atoms with Gasteiger partial charge < -0.3 is 20.0 Å². The van der Waals surface area contributed by atoms with Crippen LogP contribution in [-0.2, 0) is 4.79 Å². The number of carbonyl (C=O) groups is 1. The van der Waals surface area contributed by atoms with Gasteiger partial charge in [-0.15, -0.1) is 24.0 Å². The molecule has 0 saturated carbocycles. The molecule has 1 unspecified atom stereocenters. The number of amides is 1. The van der Waals surface area contributed by atoms with Crippen LogP contribution in [0.5, 0.6) is 0 Å². The van der Waals surface area contributed by atoms with Crippen molar-refractivity contribution < 1.29 is 4.79 Å². The minimum Gasteiger partial charge on any atom is -0.357 e. The predicted octanol–water partition coefficient (Wildman–Crippen LogP) is 1.47. The van der Waals surface area contributed by atoms with Gasteiger partial charge in [0.15, 0.2) is 5.96 Å². The highest BCUT2D eigenvalue weighted by atomic mass is 127. The molecule has 0 bridgehead atoms. The van der Waals surface area contributed by atoms with Crippen LogP contribution in [0.2, 0.25) is 0 Å². The van der Waals surface area contributed by atoms with E-state index in [4.69, 9.17) is 4.99 Å². The molecule has 0 radical (unpaired) electrons. The molecular weight excluding hydrogens is 417 g/mol. The zero-order valence-corrected chi connectivity index (χ0v) is 17.8. The van der Waals surface area contributed by atoms with Gasteiger partial charge in [0.25, 0.3) is 0 Å². The fraction of sp³-hybridized carbons (Fsp3) is 0.882. The first kappa shape index (κ1) is 21.5. The van der Waals surface area contributed by atoms with Crippen molar-refractivity contribution in [2.75, 3.05) is 58.9 Å². The van der Waals surface area contributed by atoms with Crippen molar-refractivity contribution in [2.24, 2.45) is 10.9 Å². The van der Waals surface area contributed by atoms with Gasteiger partial charge in [-0.2, -0.15) is 0 Å². The fourth-order valence-corrected chi connectivity index (χ4v) is 3.36. The summed E-state index contributed by atoms with van der Waals surface area (Å²) in [4.78, 5) is 23.0. The van der Waals surface area contributed by atoms with Crippen molar-refractivity contribution >= 4 is 35.8 Å². The molecule has 2 rings (SSSR count). The Labute approximate surface area is 164 Å². The highest BCUT2D eigenvalue weighted by Gasteiger charge is 2.21. The van der Waals surface area contributed by atoms with E-state index in [1.807, 2.05) is 4.90 Å². The Morgan fingerprint density at radius 1 is 1.08 bits per heavy atom.